The van der Waals surface area contributed by atoms with Gasteiger partial charge in [-0.25, -0.2) is 4.98 Å². The molecule has 0 saturated heterocycles. The van der Waals surface area contributed by atoms with Gasteiger partial charge in [0.05, 0.1) is 23.2 Å². The maximum Gasteiger partial charge on any atom is 0.307 e. The van der Waals surface area contributed by atoms with Gasteiger partial charge in [-0.2, -0.15) is 13.4 Å². The van der Waals surface area contributed by atoms with Gasteiger partial charge >= 0.3 is 10.1 Å². The number of nitrogens with zero attached hydrogens (tertiary/aromatic N) is 3. The minimum absolute atomic E-state index is 0.0200. The van der Waals surface area contributed by atoms with Crippen molar-refractivity contribution in [3.63, 3.8) is 0 Å². The van der Waals surface area contributed by atoms with E-state index in [0.29, 0.717) is 29.8 Å². The number of nitrogen functional groups attached to an aromatic ring is 1. The maximum absolute atomic E-state index is 11.4. The molecule has 0 bridgehead atoms. The molecule has 0 aromatic carbocycles. The van der Waals surface area contributed by atoms with Crippen LogP contribution in [0.3, 0.4) is 0 Å². The van der Waals surface area contributed by atoms with Crippen molar-refractivity contribution in [3.8, 4) is 17.1 Å². The average Bonchev–Trinajstić information content (AvgIpc) is 2.61. The van der Waals surface area contributed by atoms with E-state index in [1.54, 1.807) is 6.92 Å². The van der Waals surface area contributed by atoms with Crippen molar-refractivity contribution in [1.29, 1.82) is 0 Å². The number of aromatic nitrogens is 3. The fourth-order valence-corrected chi connectivity index (χ4v) is 2.87. The van der Waals surface area contributed by atoms with Crippen molar-refractivity contribution in [2.45, 2.75) is 26.2 Å². The molecule has 21 heavy (non-hydrogen) atoms. The Kier molecular flexibility index (Phi) is 3.08. The summed E-state index contributed by atoms with van der Waals surface area (Å²) in [4.78, 5) is 8.15. The fraction of sp³-hybridized carbons (Fsp3) is 0.417. The van der Waals surface area contributed by atoms with Crippen molar-refractivity contribution in [2.75, 3.05) is 12.0 Å². The highest BCUT2D eigenvalue weighted by molar-refractivity contribution is 7.86. The summed E-state index contributed by atoms with van der Waals surface area (Å²) in [5.74, 6) is 0.643. The first-order valence-corrected chi connectivity index (χ1v) is 8.18. The summed E-state index contributed by atoms with van der Waals surface area (Å²) in [5, 5.41) is 3.94. The molecule has 2 N–H and O–H groups in total. The number of anilines is 1. The predicted octanol–water partition coefficient (Wildman–Crippen LogP) is 0.849. The van der Waals surface area contributed by atoms with Crippen LogP contribution in [0.4, 0.5) is 5.95 Å². The van der Waals surface area contributed by atoms with Gasteiger partial charge in [0.15, 0.2) is 0 Å². The molecular formula is C12H14N4O4S. The Hall–Kier alpha value is -2.16. The summed E-state index contributed by atoms with van der Waals surface area (Å²) in [6.45, 7) is 1.80. The van der Waals surface area contributed by atoms with E-state index >= 15 is 0 Å². The van der Waals surface area contributed by atoms with Gasteiger partial charge in [0, 0.05) is 12.0 Å². The van der Waals surface area contributed by atoms with Crippen molar-refractivity contribution in [3.05, 3.63) is 17.0 Å². The van der Waals surface area contributed by atoms with Gasteiger partial charge in [0.2, 0.25) is 11.8 Å². The highest BCUT2D eigenvalue weighted by atomic mass is 32.2. The van der Waals surface area contributed by atoms with Gasteiger partial charge in [-0.05, 0) is 19.8 Å². The minimum atomic E-state index is -3.70. The molecule has 0 fully saturated rings. The Morgan fingerprint density at radius 1 is 1.29 bits per heavy atom. The van der Waals surface area contributed by atoms with Crippen LogP contribution in [0.25, 0.3) is 11.3 Å². The van der Waals surface area contributed by atoms with E-state index < -0.39 is 10.1 Å². The van der Waals surface area contributed by atoms with E-state index in [0.717, 1.165) is 24.0 Å². The first-order valence-electron chi connectivity index (χ1n) is 6.36. The van der Waals surface area contributed by atoms with Crippen LogP contribution in [0.2, 0.25) is 0 Å². The molecule has 0 saturated carbocycles. The number of nitrogens with two attached hydrogens (primary N) is 1. The average molecular weight is 310 g/mol. The van der Waals surface area contributed by atoms with Crippen molar-refractivity contribution >= 4 is 16.1 Å². The molecule has 2 heterocycles. The Morgan fingerprint density at radius 2 is 2.05 bits per heavy atom. The SMILES string of the molecule is Cc1noc2c1-c1nc(N)nc(OS(C)(=O)=O)c1CCC2. The second-order valence-electron chi connectivity index (χ2n) is 4.92. The quantitative estimate of drug-likeness (QED) is 0.810. The van der Waals surface area contributed by atoms with Crippen LogP contribution in [-0.2, 0) is 23.0 Å². The third kappa shape index (κ3) is 2.56. The lowest BCUT2D eigenvalue weighted by atomic mass is 10.1. The van der Waals surface area contributed by atoms with Crippen molar-refractivity contribution < 1.29 is 17.1 Å². The second kappa shape index (κ2) is 4.69. The first kappa shape index (κ1) is 13.8. The highest BCUT2D eigenvalue weighted by Gasteiger charge is 2.27. The van der Waals surface area contributed by atoms with Gasteiger partial charge < -0.3 is 14.4 Å². The minimum Gasteiger partial charge on any atom is -0.368 e. The molecule has 2 aromatic heterocycles. The molecule has 8 nitrogen and oxygen atoms in total. The lowest BCUT2D eigenvalue weighted by Crippen LogP contribution is -2.12. The molecule has 0 aliphatic heterocycles. The number of aryl methyl sites for hydroxylation is 2. The lowest BCUT2D eigenvalue weighted by molar-refractivity contribution is 0.378. The molecule has 1 aliphatic carbocycles. The number of hydrogen-bond donors (Lipinski definition) is 1. The molecule has 3 rings (SSSR count). The number of fused-ring (bicyclic) bond motifs is 3. The van der Waals surface area contributed by atoms with Gasteiger partial charge in [-0.15, -0.1) is 0 Å². The van der Waals surface area contributed by atoms with Gasteiger partial charge in [-0.3, -0.25) is 0 Å². The van der Waals surface area contributed by atoms with Gasteiger partial charge in [-0.1, -0.05) is 5.16 Å². The zero-order valence-corrected chi connectivity index (χ0v) is 12.4. The topological polar surface area (TPSA) is 121 Å². The maximum atomic E-state index is 11.4. The van der Waals surface area contributed by atoms with Crippen LogP contribution in [0.15, 0.2) is 4.52 Å². The molecule has 0 atom stereocenters. The Balaban J connectivity index is 2.26. The molecule has 0 radical (unpaired) electrons. The molecular weight excluding hydrogens is 296 g/mol. The lowest BCUT2D eigenvalue weighted by Gasteiger charge is -2.11. The van der Waals surface area contributed by atoms with Crippen LogP contribution >= 0.6 is 0 Å². The molecule has 0 unspecified atom stereocenters. The van der Waals surface area contributed by atoms with E-state index in [4.69, 9.17) is 14.4 Å². The fourth-order valence-electron chi connectivity index (χ4n) is 2.44. The van der Waals surface area contributed by atoms with Crippen LogP contribution in [0, 0.1) is 6.92 Å². The molecule has 112 valence electrons. The zero-order chi connectivity index (χ0) is 15.2. The Labute approximate surface area is 121 Å². The van der Waals surface area contributed by atoms with Crippen molar-refractivity contribution in [1.82, 2.24) is 15.1 Å². The third-order valence-electron chi connectivity index (χ3n) is 3.22. The summed E-state index contributed by atoms with van der Waals surface area (Å²) < 4.78 is 33.0. The zero-order valence-electron chi connectivity index (χ0n) is 11.6. The molecule has 0 spiro atoms. The van der Waals surface area contributed by atoms with E-state index in [1.165, 1.54) is 0 Å². The summed E-state index contributed by atoms with van der Waals surface area (Å²) in [5.41, 5.74) is 8.25. The molecule has 0 amide bonds. The second-order valence-corrected chi connectivity index (χ2v) is 6.50. The van der Waals surface area contributed by atoms with Crippen LogP contribution < -0.4 is 9.92 Å². The normalized spacial score (nSPS) is 14.2. The monoisotopic (exact) mass is 310 g/mol. The van der Waals surface area contributed by atoms with Crippen LogP contribution in [-0.4, -0.2) is 29.8 Å². The first-order chi connectivity index (χ1) is 9.85. The van der Waals surface area contributed by atoms with E-state index in [9.17, 15) is 8.42 Å². The van der Waals surface area contributed by atoms with Gasteiger partial charge in [0.1, 0.15) is 5.76 Å². The largest absolute Gasteiger partial charge is 0.368 e. The highest BCUT2D eigenvalue weighted by Crippen LogP contribution is 2.37. The molecule has 1 aliphatic rings. The Bertz CT molecular complexity index is 813. The summed E-state index contributed by atoms with van der Waals surface area (Å²) >= 11 is 0. The van der Waals surface area contributed by atoms with Crippen LogP contribution in [0.1, 0.15) is 23.4 Å². The summed E-state index contributed by atoms with van der Waals surface area (Å²) in [6, 6.07) is 0. The van der Waals surface area contributed by atoms with Crippen LogP contribution in [0.5, 0.6) is 5.88 Å². The van der Waals surface area contributed by atoms with Gasteiger partial charge in [0.25, 0.3) is 0 Å². The third-order valence-corrected chi connectivity index (χ3v) is 3.68. The smallest absolute Gasteiger partial charge is 0.307 e. The van der Waals surface area contributed by atoms with E-state index in [1.807, 2.05) is 0 Å². The van der Waals surface area contributed by atoms with E-state index in [2.05, 4.69) is 15.1 Å². The Morgan fingerprint density at radius 3 is 2.76 bits per heavy atom. The molecule has 9 heteroatoms. The number of hydrogen-bond acceptors (Lipinski definition) is 8. The van der Waals surface area contributed by atoms with Crippen molar-refractivity contribution in [2.24, 2.45) is 0 Å². The van der Waals surface area contributed by atoms with E-state index in [-0.39, 0.29) is 11.8 Å². The summed E-state index contributed by atoms with van der Waals surface area (Å²) in [7, 11) is -3.70. The molecule has 2 aromatic rings. The predicted molar refractivity (Wildman–Crippen MR) is 74.2 cm³/mol. The number of rotatable bonds is 2. The standard InChI is InChI=1S/C12H14N4O4S/c1-6-9-8(19-16-6)5-3-4-7-10(9)14-12(13)15-11(7)20-21(2,17)18/h3-5H2,1-2H3,(H2,13,14,15). The summed E-state index contributed by atoms with van der Waals surface area (Å²) in [6.07, 6.45) is 2.97.